The van der Waals surface area contributed by atoms with E-state index in [1.807, 2.05) is 5.43 Å². The molecule has 0 saturated carbocycles. The van der Waals surface area contributed by atoms with Gasteiger partial charge in [-0.2, -0.15) is 13.2 Å². The molecular weight excluding hydrogens is 213 g/mol. The molecule has 0 bridgehead atoms. The van der Waals surface area contributed by atoms with E-state index < -0.39 is 23.3 Å². The molecule has 0 aliphatic carbocycles. The van der Waals surface area contributed by atoms with Gasteiger partial charge in [0.15, 0.2) is 0 Å². The van der Waals surface area contributed by atoms with Crippen molar-refractivity contribution in [3.63, 3.8) is 0 Å². The molecule has 0 atom stereocenters. The second kappa shape index (κ2) is 3.77. The van der Waals surface area contributed by atoms with Crippen molar-refractivity contribution in [1.29, 1.82) is 0 Å². The summed E-state index contributed by atoms with van der Waals surface area (Å²) in [7, 11) is 0. The molecule has 0 unspecified atom stereocenters. The predicted octanol–water partition coefficient (Wildman–Crippen LogP) is 1.69. The number of alkyl halides is 3. The molecular formula is C8H7F3N2O2. The maximum atomic E-state index is 12.4. The number of hydrogen-bond acceptors (Lipinski definition) is 3. The number of aromatic carboxylic acids is 1. The number of carboxylic acids is 1. The number of nitrogen functional groups attached to an aromatic ring is 1. The lowest BCUT2D eigenvalue weighted by atomic mass is 10.1. The molecule has 0 radical (unpaired) electrons. The number of carbonyl (C=O) groups is 1. The van der Waals surface area contributed by atoms with Crippen LogP contribution in [-0.4, -0.2) is 11.1 Å². The highest BCUT2D eigenvalue weighted by Gasteiger charge is 2.36. The summed E-state index contributed by atoms with van der Waals surface area (Å²) >= 11 is 0. The first kappa shape index (κ1) is 11.3. The van der Waals surface area contributed by atoms with Gasteiger partial charge < -0.3 is 10.5 Å². The average molecular weight is 220 g/mol. The quantitative estimate of drug-likeness (QED) is 0.523. The third kappa shape index (κ3) is 2.18. The van der Waals surface area contributed by atoms with Gasteiger partial charge in [0, 0.05) is 0 Å². The van der Waals surface area contributed by atoms with Crippen molar-refractivity contribution >= 4 is 11.7 Å². The first-order valence-electron chi connectivity index (χ1n) is 3.78. The molecule has 15 heavy (non-hydrogen) atoms. The zero-order chi connectivity index (χ0) is 11.6. The number of hydrogen-bond donors (Lipinski definition) is 3. The average Bonchev–Trinajstić information content (AvgIpc) is 2.15. The Hall–Kier alpha value is -1.76. The van der Waals surface area contributed by atoms with Crippen LogP contribution < -0.4 is 11.3 Å². The van der Waals surface area contributed by atoms with Crippen molar-refractivity contribution in [3.05, 3.63) is 29.3 Å². The SMILES string of the molecule is NNc1cccc(C(F)(F)F)c1C(=O)O. The van der Waals surface area contributed by atoms with Crippen LogP contribution in [0.4, 0.5) is 18.9 Å². The van der Waals surface area contributed by atoms with E-state index in [-0.39, 0.29) is 5.69 Å². The molecule has 0 aliphatic rings. The third-order valence-corrected chi connectivity index (χ3v) is 1.74. The van der Waals surface area contributed by atoms with Crippen LogP contribution in [-0.2, 0) is 6.18 Å². The van der Waals surface area contributed by atoms with E-state index in [9.17, 15) is 18.0 Å². The summed E-state index contributed by atoms with van der Waals surface area (Å²) in [5.74, 6) is 3.24. The van der Waals surface area contributed by atoms with Crippen molar-refractivity contribution in [2.75, 3.05) is 5.43 Å². The van der Waals surface area contributed by atoms with E-state index >= 15 is 0 Å². The van der Waals surface area contributed by atoms with Gasteiger partial charge in [-0.05, 0) is 12.1 Å². The van der Waals surface area contributed by atoms with Crippen LogP contribution in [0.1, 0.15) is 15.9 Å². The fourth-order valence-corrected chi connectivity index (χ4v) is 1.14. The summed E-state index contributed by atoms with van der Waals surface area (Å²) in [5, 5.41) is 8.65. The molecule has 4 N–H and O–H groups in total. The Bertz CT molecular complexity index is 390. The zero-order valence-electron chi connectivity index (χ0n) is 7.30. The number of hydrazine groups is 1. The van der Waals surface area contributed by atoms with Gasteiger partial charge in [0.1, 0.15) is 0 Å². The lowest BCUT2D eigenvalue weighted by Gasteiger charge is -2.13. The van der Waals surface area contributed by atoms with Gasteiger partial charge in [0.05, 0.1) is 16.8 Å². The van der Waals surface area contributed by atoms with Crippen LogP contribution in [0.2, 0.25) is 0 Å². The van der Waals surface area contributed by atoms with E-state index in [0.29, 0.717) is 6.07 Å². The highest BCUT2D eigenvalue weighted by atomic mass is 19.4. The number of rotatable bonds is 2. The van der Waals surface area contributed by atoms with Crippen LogP contribution in [0.5, 0.6) is 0 Å². The first-order chi connectivity index (χ1) is 6.88. The fourth-order valence-electron chi connectivity index (χ4n) is 1.14. The normalized spacial score (nSPS) is 11.2. The van der Waals surface area contributed by atoms with E-state index in [2.05, 4.69) is 0 Å². The monoisotopic (exact) mass is 220 g/mol. The molecule has 0 fully saturated rings. The topological polar surface area (TPSA) is 75.3 Å². The second-order valence-corrected chi connectivity index (χ2v) is 2.68. The Balaban J connectivity index is 3.46. The van der Waals surface area contributed by atoms with Crippen molar-refractivity contribution in [2.45, 2.75) is 6.18 Å². The Morgan fingerprint density at radius 1 is 1.40 bits per heavy atom. The first-order valence-corrected chi connectivity index (χ1v) is 3.78. The summed E-state index contributed by atoms with van der Waals surface area (Å²) in [4.78, 5) is 10.7. The molecule has 0 amide bonds. The largest absolute Gasteiger partial charge is 0.478 e. The van der Waals surface area contributed by atoms with Crippen molar-refractivity contribution in [1.82, 2.24) is 0 Å². The summed E-state index contributed by atoms with van der Waals surface area (Å²) in [5.41, 5.74) is -0.485. The number of nitrogens with two attached hydrogens (primary N) is 1. The molecule has 0 heterocycles. The Labute approximate surface area is 82.5 Å². The van der Waals surface area contributed by atoms with Gasteiger partial charge in [0.2, 0.25) is 0 Å². The van der Waals surface area contributed by atoms with Crippen LogP contribution in [0.25, 0.3) is 0 Å². The van der Waals surface area contributed by atoms with E-state index in [1.165, 1.54) is 0 Å². The molecule has 1 aromatic carbocycles. The van der Waals surface area contributed by atoms with Gasteiger partial charge in [-0.3, -0.25) is 5.84 Å². The molecule has 0 saturated heterocycles. The number of nitrogens with one attached hydrogen (secondary N) is 1. The maximum absolute atomic E-state index is 12.4. The summed E-state index contributed by atoms with van der Waals surface area (Å²) in [6, 6.07) is 2.91. The lowest BCUT2D eigenvalue weighted by Crippen LogP contribution is -2.18. The molecule has 7 heteroatoms. The molecule has 1 rings (SSSR count). The number of carboxylic acid groups (broad SMARTS) is 1. The van der Waals surface area contributed by atoms with Crippen molar-refractivity contribution < 1.29 is 23.1 Å². The highest BCUT2D eigenvalue weighted by molar-refractivity contribution is 5.96. The van der Waals surface area contributed by atoms with Crippen LogP contribution in [0, 0.1) is 0 Å². The molecule has 1 aromatic rings. The number of halogens is 3. The van der Waals surface area contributed by atoms with Gasteiger partial charge in [-0.25, -0.2) is 4.79 Å². The minimum atomic E-state index is -4.72. The van der Waals surface area contributed by atoms with Gasteiger partial charge in [-0.15, -0.1) is 0 Å². The number of benzene rings is 1. The molecule has 82 valence electrons. The maximum Gasteiger partial charge on any atom is 0.417 e. The summed E-state index contributed by atoms with van der Waals surface area (Å²) in [6.07, 6.45) is -4.72. The summed E-state index contributed by atoms with van der Waals surface area (Å²) in [6.45, 7) is 0. The van der Waals surface area contributed by atoms with Crippen LogP contribution in [0.3, 0.4) is 0 Å². The zero-order valence-corrected chi connectivity index (χ0v) is 7.30. The second-order valence-electron chi connectivity index (χ2n) is 2.68. The lowest BCUT2D eigenvalue weighted by molar-refractivity contribution is -0.138. The van der Waals surface area contributed by atoms with Gasteiger partial charge in [0.25, 0.3) is 0 Å². The Kier molecular flexibility index (Phi) is 2.85. The third-order valence-electron chi connectivity index (χ3n) is 1.74. The Morgan fingerprint density at radius 2 is 2.00 bits per heavy atom. The van der Waals surface area contributed by atoms with Gasteiger partial charge >= 0.3 is 12.1 Å². The standard InChI is InChI=1S/C8H7F3N2O2/c9-8(10,11)4-2-1-3-5(13-12)6(4)7(14)15/h1-3,13H,12H2,(H,14,15). The molecule has 0 aliphatic heterocycles. The Morgan fingerprint density at radius 3 is 2.40 bits per heavy atom. The van der Waals surface area contributed by atoms with E-state index in [0.717, 1.165) is 12.1 Å². The molecule has 0 aromatic heterocycles. The predicted molar refractivity (Wildman–Crippen MR) is 46.2 cm³/mol. The minimum Gasteiger partial charge on any atom is -0.478 e. The summed E-state index contributed by atoms with van der Waals surface area (Å²) < 4.78 is 37.2. The van der Waals surface area contributed by atoms with E-state index in [4.69, 9.17) is 10.9 Å². The number of anilines is 1. The van der Waals surface area contributed by atoms with Crippen molar-refractivity contribution in [2.24, 2.45) is 5.84 Å². The smallest absolute Gasteiger partial charge is 0.417 e. The fraction of sp³-hybridized carbons (Fsp3) is 0.125. The minimum absolute atomic E-state index is 0.280. The highest BCUT2D eigenvalue weighted by Crippen LogP contribution is 2.34. The molecule has 4 nitrogen and oxygen atoms in total. The van der Waals surface area contributed by atoms with Crippen LogP contribution in [0.15, 0.2) is 18.2 Å². The van der Waals surface area contributed by atoms with E-state index in [1.54, 1.807) is 0 Å². The van der Waals surface area contributed by atoms with Crippen LogP contribution >= 0.6 is 0 Å². The van der Waals surface area contributed by atoms with Crippen molar-refractivity contribution in [3.8, 4) is 0 Å². The molecule has 0 spiro atoms. The van der Waals surface area contributed by atoms with Gasteiger partial charge in [-0.1, -0.05) is 6.07 Å².